The van der Waals surface area contributed by atoms with E-state index in [9.17, 15) is 4.79 Å². The number of likely N-dealkylation sites (tertiary alicyclic amines) is 1. The standard InChI is InChI=1S/C20H32N4O3.HI/c1-3-21-19(22-12-15-26-16-17-8-6-5-7-9-17)23-18-10-13-24(14-11-18)20(25)27-4-2;/h5-9,18H,3-4,10-16H2,1-2H3,(H2,21,22,23);1H. The van der Waals surface area contributed by atoms with Crippen LogP contribution < -0.4 is 10.6 Å². The second-order valence-corrected chi connectivity index (χ2v) is 6.40. The molecule has 0 bridgehead atoms. The molecular formula is C20H33IN4O3. The van der Waals surface area contributed by atoms with Crippen LogP contribution in [0.3, 0.4) is 0 Å². The average Bonchev–Trinajstić information content (AvgIpc) is 2.69. The Morgan fingerprint density at radius 2 is 1.93 bits per heavy atom. The molecule has 1 amide bonds. The average molecular weight is 504 g/mol. The first-order valence-electron chi connectivity index (χ1n) is 9.81. The van der Waals surface area contributed by atoms with Crippen LogP contribution in [0.4, 0.5) is 4.79 Å². The molecule has 0 atom stereocenters. The van der Waals surface area contributed by atoms with Crippen LogP contribution in [0, 0.1) is 0 Å². The minimum Gasteiger partial charge on any atom is -0.450 e. The molecule has 0 radical (unpaired) electrons. The number of benzene rings is 1. The van der Waals surface area contributed by atoms with Crippen molar-refractivity contribution in [3.63, 3.8) is 0 Å². The van der Waals surface area contributed by atoms with Crippen LogP contribution in [0.15, 0.2) is 35.3 Å². The van der Waals surface area contributed by atoms with E-state index in [2.05, 4.69) is 27.8 Å². The van der Waals surface area contributed by atoms with Gasteiger partial charge < -0.3 is 25.0 Å². The van der Waals surface area contributed by atoms with Crippen molar-refractivity contribution in [3.8, 4) is 0 Å². The smallest absolute Gasteiger partial charge is 0.409 e. The van der Waals surface area contributed by atoms with Crippen LogP contribution in [0.2, 0.25) is 0 Å². The van der Waals surface area contributed by atoms with E-state index in [0.29, 0.717) is 45.5 Å². The van der Waals surface area contributed by atoms with Gasteiger partial charge in [0.2, 0.25) is 0 Å². The second kappa shape index (κ2) is 14.4. The van der Waals surface area contributed by atoms with Crippen molar-refractivity contribution < 1.29 is 14.3 Å². The summed E-state index contributed by atoms with van der Waals surface area (Å²) in [6, 6.07) is 10.4. The van der Waals surface area contributed by atoms with Crippen molar-refractivity contribution in [2.75, 3.05) is 39.4 Å². The number of amides is 1. The van der Waals surface area contributed by atoms with E-state index in [1.807, 2.05) is 32.0 Å². The van der Waals surface area contributed by atoms with E-state index in [4.69, 9.17) is 9.47 Å². The topological polar surface area (TPSA) is 75.2 Å². The molecule has 28 heavy (non-hydrogen) atoms. The van der Waals surface area contributed by atoms with Crippen LogP contribution in [-0.2, 0) is 16.1 Å². The van der Waals surface area contributed by atoms with E-state index in [1.165, 1.54) is 5.56 Å². The van der Waals surface area contributed by atoms with Crippen LogP contribution in [0.5, 0.6) is 0 Å². The zero-order valence-electron chi connectivity index (χ0n) is 16.9. The fraction of sp³-hybridized carbons (Fsp3) is 0.600. The van der Waals surface area contributed by atoms with Crippen LogP contribution in [-0.4, -0.2) is 62.4 Å². The Kier molecular flexibility index (Phi) is 12.6. The number of nitrogens with zero attached hydrogens (tertiary/aromatic N) is 2. The summed E-state index contributed by atoms with van der Waals surface area (Å²) in [6.07, 6.45) is 1.55. The number of hydrogen-bond acceptors (Lipinski definition) is 4. The lowest BCUT2D eigenvalue weighted by atomic mass is 10.1. The van der Waals surface area contributed by atoms with Gasteiger partial charge in [-0.25, -0.2) is 4.79 Å². The van der Waals surface area contributed by atoms with Gasteiger partial charge in [0.15, 0.2) is 5.96 Å². The predicted octanol–water partition coefficient (Wildman–Crippen LogP) is 3.00. The fourth-order valence-electron chi connectivity index (χ4n) is 2.92. The largest absolute Gasteiger partial charge is 0.450 e. The van der Waals surface area contributed by atoms with E-state index >= 15 is 0 Å². The Labute approximate surface area is 185 Å². The second-order valence-electron chi connectivity index (χ2n) is 6.40. The van der Waals surface area contributed by atoms with Gasteiger partial charge in [-0.2, -0.15) is 0 Å². The molecule has 1 aliphatic rings. The highest BCUT2D eigenvalue weighted by atomic mass is 127. The molecule has 0 saturated carbocycles. The summed E-state index contributed by atoms with van der Waals surface area (Å²) in [5, 5.41) is 6.73. The van der Waals surface area contributed by atoms with E-state index in [-0.39, 0.29) is 30.1 Å². The Morgan fingerprint density at radius 1 is 1.21 bits per heavy atom. The molecule has 8 heteroatoms. The van der Waals surface area contributed by atoms with Crippen molar-refractivity contribution in [1.82, 2.24) is 15.5 Å². The summed E-state index contributed by atoms with van der Waals surface area (Å²) >= 11 is 0. The van der Waals surface area contributed by atoms with E-state index in [0.717, 1.165) is 25.3 Å². The minimum absolute atomic E-state index is 0. The summed E-state index contributed by atoms with van der Waals surface area (Å²) in [5.41, 5.74) is 1.17. The highest BCUT2D eigenvalue weighted by Crippen LogP contribution is 2.11. The number of carbonyl (C=O) groups excluding carboxylic acids is 1. The SMILES string of the molecule is CCNC(=NCCOCc1ccccc1)NC1CCN(C(=O)OCC)CC1.I. The molecule has 158 valence electrons. The number of guanidine groups is 1. The van der Waals surface area contributed by atoms with Crippen LogP contribution >= 0.6 is 24.0 Å². The third-order valence-corrected chi connectivity index (χ3v) is 4.32. The maximum atomic E-state index is 11.8. The zero-order chi connectivity index (χ0) is 19.3. The molecule has 7 nitrogen and oxygen atoms in total. The van der Waals surface area contributed by atoms with E-state index < -0.39 is 0 Å². The van der Waals surface area contributed by atoms with Gasteiger partial charge >= 0.3 is 6.09 Å². The highest BCUT2D eigenvalue weighted by Gasteiger charge is 2.23. The van der Waals surface area contributed by atoms with Gasteiger partial charge in [0, 0.05) is 25.7 Å². The predicted molar refractivity (Wildman–Crippen MR) is 122 cm³/mol. The number of carbonyl (C=O) groups is 1. The summed E-state index contributed by atoms with van der Waals surface area (Å²) in [7, 11) is 0. The zero-order valence-corrected chi connectivity index (χ0v) is 19.2. The molecule has 0 unspecified atom stereocenters. The van der Waals surface area contributed by atoms with Gasteiger partial charge in [0.25, 0.3) is 0 Å². The van der Waals surface area contributed by atoms with Crippen molar-refractivity contribution in [3.05, 3.63) is 35.9 Å². The molecule has 0 aliphatic carbocycles. The van der Waals surface area contributed by atoms with Gasteiger partial charge in [-0.3, -0.25) is 4.99 Å². The highest BCUT2D eigenvalue weighted by molar-refractivity contribution is 14.0. The summed E-state index contributed by atoms with van der Waals surface area (Å²) in [4.78, 5) is 18.1. The summed E-state index contributed by atoms with van der Waals surface area (Å²) < 4.78 is 10.7. The first-order valence-corrected chi connectivity index (χ1v) is 9.81. The maximum Gasteiger partial charge on any atom is 0.409 e. The van der Waals surface area contributed by atoms with Crippen molar-refractivity contribution in [2.24, 2.45) is 4.99 Å². The molecule has 1 saturated heterocycles. The maximum absolute atomic E-state index is 11.8. The Balaban J connectivity index is 0.00000392. The van der Waals surface area contributed by atoms with Crippen molar-refractivity contribution in [1.29, 1.82) is 0 Å². The summed E-state index contributed by atoms with van der Waals surface area (Å²) in [5.74, 6) is 0.801. The molecule has 1 aliphatic heterocycles. The minimum atomic E-state index is -0.216. The Morgan fingerprint density at radius 3 is 2.57 bits per heavy atom. The van der Waals surface area contributed by atoms with Gasteiger partial charge in [-0.15, -0.1) is 24.0 Å². The first kappa shape index (κ1) is 24.5. The number of piperidine rings is 1. The number of hydrogen-bond donors (Lipinski definition) is 2. The number of nitrogens with one attached hydrogen (secondary N) is 2. The molecule has 0 spiro atoms. The quantitative estimate of drug-likeness (QED) is 0.247. The summed E-state index contributed by atoms with van der Waals surface area (Å²) in [6.45, 7) is 8.29. The van der Waals surface area contributed by atoms with Gasteiger partial charge in [0.05, 0.1) is 26.4 Å². The Hall–Kier alpha value is -1.55. The van der Waals surface area contributed by atoms with Gasteiger partial charge in [-0.1, -0.05) is 30.3 Å². The molecular weight excluding hydrogens is 471 g/mol. The third kappa shape index (κ3) is 9.09. The van der Waals surface area contributed by atoms with Crippen molar-refractivity contribution in [2.45, 2.75) is 39.3 Å². The number of rotatable bonds is 8. The lowest BCUT2D eigenvalue weighted by molar-refractivity contribution is 0.0963. The lowest BCUT2D eigenvalue weighted by Crippen LogP contribution is -2.50. The molecule has 1 aromatic rings. The van der Waals surface area contributed by atoms with Crippen LogP contribution in [0.1, 0.15) is 32.3 Å². The van der Waals surface area contributed by atoms with E-state index in [1.54, 1.807) is 4.90 Å². The number of halogens is 1. The van der Waals surface area contributed by atoms with Crippen molar-refractivity contribution >= 4 is 36.0 Å². The fourth-order valence-corrected chi connectivity index (χ4v) is 2.92. The monoisotopic (exact) mass is 504 g/mol. The molecule has 2 rings (SSSR count). The van der Waals surface area contributed by atoms with Crippen LogP contribution in [0.25, 0.3) is 0 Å². The molecule has 1 aromatic carbocycles. The molecule has 1 fully saturated rings. The molecule has 2 N–H and O–H groups in total. The van der Waals surface area contributed by atoms with Gasteiger partial charge in [0.1, 0.15) is 0 Å². The normalized spacial score (nSPS) is 14.9. The third-order valence-electron chi connectivity index (χ3n) is 4.32. The molecule has 1 heterocycles. The Bertz CT molecular complexity index is 578. The number of ether oxygens (including phenoxy) is 2. The molecule has 0 aromatic heterocycles. The lowest BCUT2D eigenvalue weighted by Gasteiger charge is -2.32. The van der Waals surface area contributed by atoms with Gasteiger partial charge in [-0.05, 0) is 32.3 Å². The first-order chi connectivity index (χ1) is 13.2. The number of aliphatic imine (C=N–C) groups is 1.